The van der Waals surface area contributed by atoms with Crippen molar-refractivity contribution >= 4 is 5.84 Å². The zero-order valence-corrected chi connectivity index (χ0v) is 14.0. The van der Waals surface area contributed by atoms with Gasteiger partial charge in [-0.25, -0.2) is 0 Å². The highest BCUT2D eigenvalue weighted by Gasteiger charge is 2.29. The van der Waals surface area contributed by atoms with E-state index >= 15 is 0 Å². The van der Waals surface area contributed by atoms with Gasteiger partial charge < -0.3 is 10.6 Å². The van der Waals surface area contributed by atoms with Gasteiger partial charge >= 0.3 is 0 Å². The lowest BCUT2D eigenvalue weighted by Crippen LogP contribution is -2.37. The average Bonchev–Trinajstić information content (AvgIpc) is 2.47. The number of hydrogen-bond donors (Lipinski definition) is 1. The highest BCUT2D eigenvalue weighted by Crippen LogP contribution is 2.31. The fourth-order valence-corrected chi connectivity index (χ4v) is 2.72. The molecule has 0 aromatic heterocycles. The Morgan fingerprint density at radius 2 is 2.10 bits per heavy atom. The molecule has 0 radical (unpaired) electrons. The molecule has 1 atom stereocenters. The van der Waals surface area contributed by atoms with E-state index in [0.29, 0.717) is 0 Å². The van der Waals surface area contributed by atoms with Crippen LogP contribution in [0, 0.1) is 5.41 Å². The van der Waals surface area contributed by atoms with Gasteiger partial charge in [-0.15, -0.1) is 6.58 Å². The van der Waals surface area contributed by atoms with Crippen LogP contribution in [0.3, 0.4) is 0 Å². The fourth-order valence-electron chi connectivity index (χ4n) is 2.72. The molecule has 0 amide bonds. The lowest BCUT2D eigenvalue weighted by Gasteiger charge is -2.31. The summed E-state index contributed by atoms with van der Waals surface area (Å²) in [6.07, 6.45) is 14.7. The van der Waals surface area contributed by atoms with Gasteiger partial charge in [-0.1, -0.05) is 25.2 Å². The van der Waals surface area contributed by atoms with Crippen molar-refractivity contribution in [2.75, 3.05) is 26.7 Å². The molecule has 0 aromatic carbocycles. The van der Waals surface area contributed by atoms with Gasteiger partial charge in [0.1, 0.15) is 0 Å². The van der Waals surface area contributed by atoms with Crippen LogP contribution in [0.15, 0.2) is 29.8 Å². The molecule has 0 saturated heterocycles. The molecule has 3 heteroatoms. The lowest BCUT2D eigenvalue weighted by molar-refractivity contribution is 0.332. The average molecular weight is 291 g/mol. The number of aliphatic imine (C=N–C) groups is 1. The number of nitrogens with two attached hydrogens (primary N) is 1. The SMILES string of the molecule is C=CCCN(C)CCCC/C=C/CC1(C)CCCN=C1N. The molecule has 1 heterocycles. The Morgan fingerprint density at radius 1 is 1.29 bits per heavy atom. The predicted octanol–water partition coefficient (Wildman–Crippen LogP) is 3.77. The molecule has 3 nitrogen and oxygen atoms in total. The zero-order valence-electron chi connectivity index (χ0n) is 14.0. The van der Waals surface area contributed by atoms with Crippen molar-refractivity contribution < 1.29 is 0 Å². The van der Waals surface area contributed by atoms with E-state index in [4.69, 9.17) is 5.73 Å². The third-order valence-corrected chi connectivity index (χ3v) is 4.40. The molecule has 0 saturated carbocycles. The Kier molecular flexibility index (Phi) is 8.36. The van der Waals surface area contributed by atoms with Crippen LogP contribution in [0.1, 0.15) is 51.9 Å². The van der Waals surface area contributed by atoms with Crippen molar-refractivity contribution in [2.24, 2.45) is 16.1 Å². The molecule has 0 aromatic rings. The second-order valence-electron chi connectivity index (χ2n) is 6.48. The maximum atomic E-state index is 6.05. The lowest BCUT2D eigenvalue weighted by atomic mass is 9.79. The Morgan fingerprint density at radius 3 is 2.81 bits per heavy atom. The third-order valence-electron chi connectivity index (χ3n) is 4.40. The Hall–Kier alpha value is -1.09. The molecule has 2 N–H and O–H groups in total. The first-order valence-electron chi connectivity index (χ1n) is 8.33. The van der Waals surface area contributed by atoms with Crippen molar-refractivity contribution in [3.05, 3.63) is 24.8 Å². The van der Waals surface area contributed by atoms with E-state index in [1.165, 1.54) is 38.6 Å². The van der Waals surface area contributed by atoms with Gasteiger partial charge in [-0.2, -0.15) is 0 Å². The van der Waals surface area contributed by atoms with Crippen LogP contribution in [0.2, 0.25) is 0 Å². The summed E-state index contributed by atoms with van der Waals surface area (Å²) in [5, 5.41) is 0. The van der Waals surface area contributed by atoms with E-state index in [1.54, 1.807) is 0 Å². The first kappa shape index (κ1) is 18.0. The topological polar surface area (TPSA) is 41.6 Å². The summed E-state index contributed by atoms with van der Waals surface area (Å²) in [6, 6.07) is 0. The molecule has 21 heavy (non-hydrogen) atoms. The molecule has 0 bridgehead atoms. The van der Waals surface area contributed by atoms with E-state index in [1.807, 2.05) is 6.08 Å². The summed E-state index contributed by atoms with van der Waals surface area (Å²) >= 11 is 0. The summed E-state index contributed by atoms with van der Waals surface area (Å²) in [4.78, 5) is 6.78. The van der Waals surface area contributed by atoms with Crippen LogP contribution in [0.25, 0.3) is 0 Å². The summed E-state index contributed by atoms with van der Waals surface area (Å²) in [5.41, 5.74) is 6.15. The van der Waals surface area contributed by atoms with E-state index in [9.17, 15) is 0 Å². The van der Waals surface area contributed by atoms with E-state index in [2.05, 4.69) is 42.6 Å². The number of rotatable bonds is 10. The van der Waals surface area contributed by atoms with Gasteiger partial charge in [0.25, 0.3) is 0 Å². The molecular formula is C18H33N3. The van der Waals surface area contributed by atoms with Crippen LogP contribution in [-0.2, 0) is 0 Å². The maximum Gasteiger partial charge on any atom is 0.1000 e. The van der Waals surface area contributed by atoms with Crippen LogP contribution < -0.4 is 5.73 Å². The van der Waals surface area contributed by atoms with Gasteiger partial charge in [0, 0.05) is 18.5 Å². The van der Waals surface area contributed by atoms with Crippen molar-refractivity contribution in [3.63, 3.8) is 0 Å². The fraction of sp³-hybridized carbons (Fsp3) is 0.722. The van der Waals surface area contributed by atoms with E-state index in [0.717, 1.165) is 31.8 Å². The van der Waals surface area contributed by atoms with E-state index in [-0.39, 0.29) is 5.41 Å². The second kappa shape index (κ2) is 9.78. The first-order chi connectivity index (χ1) is 10.1. The smallest absolute Gasteiger partial charge is 0.1000 e. The van der Waals surface area contributed by atoms with Crippen LogP contribution in [-0.4, -0.2) is 37.4 Å². The maximum absolute atomic E-state index is 6.05. The van der Waals surface area contributed by atoms with Gasteiger partial charge in [0.05, 0.1) is 5.84 Å². The van der Waals surface area contributed by atoms with Gasteiger partial charge in [0.2, 0.25) is 0 Å². The Labute approximate surface area is 131 Å². The van der Waals surface area contributed by atoms with Crippen molar-refractivity contribution in [2.45, 2.75) is 51.9 Å². The molecule has 1 aliphatic rings. The molecule has 1 unspecified atom stereocenters. The van der Waals surface area contributed by atoms with E-state index < -0.39 is 0 Å². The molecule has 1 rings (SSSR count). The predicted molar refractivity (Wildman–Crippen MR) is 93.7 cm³/mol. The second-order valence-corrected chi connectivity index (χ2v) is 6.48. The number of unbranched alkanes of at least 4 members (excludes halogenated alkanes) is 2. The van der Waals surface area contributed by atoms with Crippen LogP contribution >= 0.6 is 0 Å². The van der Waals surface area contributed by atoms with Crippen molar-refractivity contribution in [3.8, 4) is 0 Å². The minimum Gasteiger partial charge on any atom is -0.387 e. The monoisotopic (exact) mass is 291 g/mol. The number of nitrogens with zero attached hydrogens (tertiary/aromatic N) is 2. The summed E-state index contributed by atoms with van der Waals surface area (Å²) in [5.74, 6) is 0.849. The normalized spacial score (nSPS) is 22.7. The largest absolute Gasteiger partial charge is 0.387 e. The molecule has 0 spiro atoms. The zero-order chi connectivity index (χ0) is 15.6. The summed E-state index contributed by atoms with van der Waals surface area (Å²) in [6.45, 7) is 9.21. The van der Waals surface area contributed by atoms with Gasteiger partial charge in [-0.05, 0) is 58.5 Å². The third kappa shape index (κ3) is 6.94. The molecule has 1 aliphatic heterocycles. The molecule has 120 valence electrons. The quantitative estimate of drug-likeness (QED) is 0.492. The van der Waals surface area contributed by atoms with Crippen molar-refractivity contribution in [1.82, 2.24) is 4.90 Å². The highest BCUT2D eigenvalue weighted by molar-refractivity contribution is 5.86. The number of allylic oxidation sites excluding steroid dienone is 2. The van der Waals surface area contributed by atoms with Gasteiger partial charge in [0.15, 0.2) is 0 Å². The summed E-state index contributed by atoms with van der Waals surface area (Å²) in [7, 11) is 2.19. The van der Waals surface area contributed by atoms with Crippen molar-refractivity contribution in [1.29, 1.82) is 0 Å². The first-order valence-corrected chi connectivity index (χ1v) is 8.33. The molecule has 0 aliphatic carbocycles. The standard InChI is InChI=1S/C18H33N3/c1-4-5-15-21(3)16-10-8-6-7-9-12-18(2)13-11-14-20-17(18)19/h4,7,9H,1,5-6,8,10-16H2,2-3H3,(H2,19,20)/b9-7+. The Bertz CT molecular complexity index is 359. The summed E-state index contributed by atoms with van der Waals surface area (Å²) < 4.78 is 0. The minimum atomic E-state index is 0.0969. The van der Waals surface area contributed by atoms with Gasteiger partial charge in [-0.3, -0.25) is 4.99 Å². The number of hydrogen-bond acceptors (Lipinski definition) is 3. The molecule has 0 fully saturated rings. The minimum absolute atomic E-state index is 0.0969. The van der Waals surface area contributed by atoms with Crippen LogP contribution in [0.4, 0.5) is 0 Å². The van der Waals surface area contributed by atoms with Crippen LogP contribution in [0.5, 0.6) is 0 Å². The number of amidine groups is 1. The highest BCUT2D eigenvalue weighted by atomic mass is 15.1. The Balaban J connectivity index is 2.11. The molecular weight excluding hydrogens is 258 g/mol.